The zero-order valence-electron chi connectivity index (χ0n) is 24.3. The molecule has 0 bridgehead atoms. The summed E-state index contributed by atoms with van der Waals surface area (Å²) >= 11 is 0. The second-order valence-electron chi connectivity index (χ2n) is 11.4. The highest BCUT2D eigenvalue weighted by molar-refractivity contribution is 6.31. The number of carbonyl (C=O) groups excluding carboxylic acids is 4. The Labute approximate surface area is 247 Å². The second-order valence-corrected chi connectivity index (χ2v) is 11.4. The monoisotopic (exact) mass is 597 g/mol. The first kappa shape index (κ1) is 30.6. The standard InChI is InChI=1S/C31H35NO11/c1-5-7-20(34)32-17-10-21(42-13(2)26(17)35)43-19-12-31(40,14(3)33)11-16-23(19)30(39)25-24(28(16)37)27(36)15-8-6-9-18(41-4)22(15)29(25)38/h6,8-9,13,17,19,21,26,35,37,39-40H,5,7,10-12H2,1-4H3,(H,32,34)/t13-,17-,19-,21-,26+,31-/m0/s1. The van der Waals surface area contributed by atoms with Crippen LogP contribution in [0.25, 0.3) is 0 Å². The molecule has 5 rings (SSSR count). The number of carbonyl (C=O) groups is 4. The number of phenols is 2. The molecule has 230 valence electrons. The summed E-state index contributed by atoms with van der Waals surface area (Å²) in [5.41, 5.74) is -3.24. The van der Waals surface area contributed by atoms with Gasteiger partial charge in [-0.05, 0) is 26.3 Å². The van der Waals surface area contributed by atoms with E-state index < -0.39 is 82.6 Å². The molecular weight excluding hydrogens is 562 g/mol. The summed E-state index contributed by atoms with van der Waals surface area (Å²) in [5, 5.41) is 47.8. The molecule has 0 spiro atoms. The van der Waals surface area contributed by atoms with Crippen LogP contribution in [-0.4, -0.2) is 80.9 Å². The average molecular weight is 598 g/mol. The summed E-state index contributed by atoms with van der Waals surface area (Å²) in [6.45, 7) is 4.61. The molecule has 1 heterocycles. The van der Waals surface area contributed by atoms with Crippen LogP contribution < -0.4 is 10.1 Å². The number of ether oxygens (including phenoxy) is 3. The molecule has 1 aliphatic heterocycles. The quantitative estimate of drug-likeness (QED) is 0.251. The Morgan fingerprint density at radius 1 is 1.12 bits per heavy atom. The number of methoxy groups -OCH3 is 1. The van der Waals surface area contributed by atoms with Crippen LogP contribution in [0.4, 0.5) is 0 Å². The Balaban J connectivity index is 1.60. The predicted octanol–water partition coefficient (Wildman–Crippen LogP) is 1.99. The Kier molecular flexibility index (Phi) is 8.07. The van der Waals surface area contributed by atoms with Crippen molar-refractivity contribution in [1.29, 1.82) is 0 Å². The molecule has 0 radical (unpaired) electrons. The number of aromatic hydroxyl groups is 2. The number of phenolic OH excluding ortho intramolecular Hbond substituents is 2. The Bertz CT molecular complexity index is 1520. The van der Waals surface area contributed by atoms with E-state index >= 15 is 0 Å². The molecule has 1 amide bonds. The third kappa shape index (κ3) is 5.07. The van der Waals surface area contributed by atoms with Crippen molar-refractivity contribution in [2.45, 2.75) is 89.1 Å². The van der Waals surface area contributed by atoms with Crippen molar-refractivity contribution in [3.63, 3.8) is 0 Å². The van der Waals surface area contributed by atoms with Crippen molar-refractivity contribution >= 4 is 23.3 Å². The summed E-state index contributed by atoms with van der Waals surface area (Å²) in [5.74, 6) is -3.58. The third-order valence-corrected chi connectivity index (χ3v) is 8.58. The summed E-state index contributed by atoms with van der Waals surface area (Å²) in [6, 6.07) is 3.67. The van der Waals surface area contributed by atoms with Crippen molar-refractivity contribution in [2.24, 2.45) is 0 Å². The van der Waals surface area contributed by atoms with Gasteiger partial charge >= 0.3 is 0 Å². The first-order valence-corrected chi connectivity index (χ1v) is 14.2. The van der Waals surface area contributed by atoms with Gasteiger partial charge in [-0.15, -0.1) is 0 Å². The largest absolute Gasteiger partial charge is 0.507 e. The zero-order valence-corrected chi connectivity index (χ0v) is 24.3. The average Bonchev–Trinajstić information content (AvgIpc) is 2.95. The van der Waals surface area contributed by atoms with Crippen LogP contribution >= 0.6 is 0 Å². The van der Waals surface area contributed by atoms with Gasteiger partial charge in [0.05, 0.1) is 42.0 Å². The van der Waals surface area contributed by atoms with Gasteiger partial charge in [0.2, 0.25) is 11.7 Å². The minimum absolute atomic E-state index is 0.00896. The van der Waals surface area contributed by atoms with Crippen LogP contribution in [0, 0.1) is 0 Å². The molecule has 3 aliphatic rings. The Morgan fingerprint density at radius 3 is 2.47 bits per heavy atom. The molecule has 0 unspecified atom stereocenters. The lowest BCUT2D eigenvalue weighted by atomic mass is 9.72. The maximum absolute atomic E-state index is 13.8. The van der Waals surface area contributed by atoms with Crippen molar-refractivity contribution in [3.8, 4) is 17.2 Å². The maximum atomic E-state index is 13.8. The van der Waals surface area contributed by atoms with E-state index in [4.69, 9.17) is 14.2 Å². The lowest BCUT2D eigenvalue weighted by molar-refractivity contribution is -0.249. The molecular formula is C31H35NO11. The van der Waals surface area contributed by atoms with Gasteiger partial charge in [0, 0.05) is 42.4 Å². The second kappa shape index (κ2) is 11.3. The van der Waals surface area contributed by atoms with E-state index in [2.05, 4.69) is 5.32 Å². The molecule has 0 aromatic heterocycles. The van der Waals surface area contributed by atoms with Gasteiger partial charge in [-0.25, -0.2) is 0 Å². The summed E-state index contributed by atoms with van der Waals surface area (Å²) in [7, 11) is 1.33. The Morgan fingerprint density at radius 2 is 1.81 bits per heavy atom. The number of aliphatic hydroxyl groups excluding tert-OH is 1. The topological polar surface area (TPSA) is 189 Å². The normalized spacial score (nSPS) is 28.0. The number of amides is 1. The molecule has 2 aromatic rings. The van der Waals surface area contributed by atoms with Crippen LogP contribution in [-0.2, 0) is 25.5 Å². The molecule has 12 heteroatoms. The SMILES string of the molecule is CCCC(=O)N[C@H]1C[C@H](O[C@H]2C[C@](O)(C(C)=O)Cc3c(O)c4c(c(O)c32)C(=O)c2c(OC)cccc2C4=O)O[C@@H](C)[C@H]1O. The molecule has 12 nitrogen and oxygen atoms in total. The predicted molar refractivity (Wildman–Crippen MR) is 149 cm³/mol. The molecule has 43 heavy (non-hydrogen) atoms. The number of hydrogen-bond acceptors (Lipinski definition) is 11. The summed E-state index contributed by atoms with van der Waals surface area (Å²) in [6.07, 6.45) is -4.18. The van der Waals surface area contributed by atoms with Crippen molar-refractivity contribution in [1.82, 2.24) is 5.32 Å². The van der Waals surface area contributed by atoms with Crippen LogP contribution in [0.1, 0.15) is 95.5 Å². The van der Waals surface area contributed by atoms with Crippen LogP contribution in [0.5, 0.6) is 17.2 Å². The molecule has 0 saturated carbocycles. The molecule has 1 fully saturated rings. The maximum Gasteiger partial charge on any atom is 0.220 e. The number of hydrogen-bond donors (Lipinski definition) is 5. The highest BCUT2D eigenvalue weighted by Crippen LogP contribution is 2.52. The van der Waals surface area contributed by atoms with Gasteiger partial charge in [-0.1, -0.05) is 19.1 Å². The third-order valence-electron chi connectivity index (χ3n) is 8.58. The minimum Gasteiger partial charge on any atom is -0.507 e. The fraction of sp³-hybridized carbons (Fsp3) is 0.484. The fourth-order valence-electron chi connectivity index (χ4n) is 6.27. The van der Waals surface area contributed by atoms with E-state index in [-0.39, 0.29) is 53.2 Å². The van der Waals surface area contributed by atoms with E-state index in [1.165, 1.54) is 32.2 Å². The number of rotatable bonds is 7. The smallest absolute Gasteiger partial charge is 0.220 e. The van der Waals surface area contributed by atoms with E-state index in [9.17, 15) is 39.6 Å². The van der Waals surface area contributed by atoms with Gasteiger partial charge in [-0.2, -0.15) is 0 Å². The lowest BCUT2D eigenvalue weighted by Crippen LogP contribution is -2.55. The number of nitrogens with one attached hydrogen (secondary N) is 1. The highest BCUT2D eigenvalue weighted by atomic mass is 16.7. The van der Waals surface area contributed by atoms with Crippen LogP contribution in [0.15, 0.2) is 18.2 Å². The molecule has 2 aromatic carbocycles. The van der Waals surface area contributed by atoms with E-state index in [0.717, 1.165) is 0 Å². The van der Waals surface area contributed by atoms with E-state index in [1.807, 2.05) is 6.92 Å². The van der Waals surface area contributed by atoms with E-state index in [1.54, 1.807) is 6.92 Å². The van der Waals surface area contributed by atoms with E-state index in [0.29, 0.717) is 6.42 Å². The minimum atomic E-state index is -2.05. The molecule has 1 saturated heterocycles. The van der Waals surface area contributed by atoms with Gasteiger partial charge in [-0.3, -0.25) is 19.2 Å². The number of Topliss-reactive ketones (excluding diaryl/α,β-unsaturated/α-hetero) is 1. The van der Waals surface area contributed by atoms with Crippen LogP contribution in [0.3, 0.4) is 0 Å². The summed E-state index contributed by atoms with van der Waals surface area (Å²) in [4.78, 5) is 52.3. The van der Waals surface area contributed by atoms with Crippen molar-refractivity contribution in [3.05, 3.63) is 51.6 Å². The first-order chi connectivity index (χ1) is 20.3. The van der Waals surface area contributed by atoms with Gasteiger partial charge < -0.3 is 40.0 Å². The molecule has 2 aliphatic carbocycles. The fourth-order valence-corrected chi connectivity index (χ4v) is 6.27. The highest BCUT2D eigenvalue weighted by Gasteiger charge is 2.49. The van der Waals surface area contributed by atoms with Gasteiger partial charge in [0.1, 0.15) is 29.0 Å². The van der Waals surface area contributed by atoms with Crippen LogP contribution in [0.2, 0.25) is 0 Å². The first-order valence-electron chi connectivity index (χ1n) is 14.2. The van der Waals surface area contributed by atoms with Crippen molar-refractivity contribution in [2.75, 3.05) is 7.11 Å². The number of benzene rings is 2. The Hall–Kier alpha value is -3.84. The number of ketones is 3. The lowest BCUT2D eigenvalue weighted by Gasteiger charge is -2.42. The zero-order chi connectivity index (χ0) is 31.4. The van der Waals surface area contributed by atoms with Crippen molar-refractivity contribution < 1.29 is 53.8 Å². The number of fused-ring (bicyclic) bond motifs is 3. The molecule has 6 atom stereocenters. The molecule has 5 N–H and O–H groups in total. The summed E-state index contributed by atoms with van der Waals surface area (Å²) < 4.78 is 17.3. The van der Waals surface area contributed by atoms with Gasteiger partial charge in [0.25, 0.3) is 0 Å². The number of aliphatic hydroxyl groups is 2. The van der Waals surface area contributed by atoms with Gasteiger partial charge in [0.15, 0.2) is 17.9 Å².